The second-order valence-electron chi connectivity index (χ2n) is 8.03. The Kier molecular flexibility index (Phi) is 7.15. The zero-order valence-electron chi connectivity index (χ0n) is 15.9. The first-order valence-electron chi connectivity index (χ1n) is 10.4. The van der Waals surface area contributed by atoms with Gasteiger partial charge in [0.15, 0.2) is 11.5 Å². The Bertz CT molecular complexity index is 562. The van der Waals surface area contributed by atoms with E-state index in [2.05, 4.69) is 0 Å². The van der Waals surface area contributed by atoms with Crippen molar-refractivity contribution in [1.82, 2.24) is 0 Å². The number of hydrogen-bond acceptors (Lipinski definition) is 2. The number of benzene rings is 1. The highest BCUT2D eigenvalue weighted by molar-refractivity contribution is 5.35. The summed E-state index contributed by atoms with van der Waals surface area (Å²) in [4.78, 5) is 0. The lowest BCUT2D eigenvalue weighted by molar-refractivity contribution is 0.151. The van der Waals surface area contributed by atoms with E-state index in [0.29, 0.717) is 19.1 Å². The minimum Gasteiger partial charge on any atom is -0.490 e. The SMILES string of the molecule is CCCCOc1ccc(OCC2CCC(C3CCCC3)CC2)c(F)c1F. The molecule has 0 aliphatic heterocycles. The summed E-state index contributed by atoms with van der Waals surface area (Å²) in [5.41, 5.74) is 0. The second-order valence-corrected chi connectivity index (χ2v) is 8.03. The number of ether oxygens (including phenoxy) is 2. The van der Waals surface area contributed by atoms with Crippen LogP contribution in [-0.2, 0) is 0 Å². The molecule has 3 rings (SSSR count). The summed E-state index contributed by atoms with van der Waals surface area (Å²) in [6, 6.07) is 2.96. The van der Waals surface area contributed by atoms with Gasteiger partial charge in [-0.25, -0.2) is 0 Å². The Hall–Kier alpha value is -1.32. The van der Waals surface area contributed by atoms with Crippen molar-refractivity contribution >= 4 is 0 Å². The number of unbranched alkanes of at least 4 members (excludes halogenated alkanes) is 1. The molecule has 0 bridgehead atoms. The lowest BCUT2D eigenvalue weighted by Gasteiger charge is -2.32. The van der Waals surface area contributed by atoms with E-state index in [4.69, 9.17) is 9.47 Å². The summed E-state index contributed by atoms with van der Waals surface area (Å²) in [6.45, 7) is 2.90. The zero-order valence-corrected chi connectivity index (χ0v) is 15.9. The van der Waals surface area contributed by atoms with Crippen LogP contribution in [0.3, 0.4) is 0 Å². The molecule has 0 amide bonds. The molecule has 0 aromatic heterocycles. The molecule has 0 heterocycles. The standard InChI is InChI=1S/C22H32F2O2/c1-2-3-14-25-19-12-13-20(22(24)21(19)23)26-15-16-8-10-18(11-9-16)17-6-4-5-7-17/h12-13,16-18H,2-11,14-15H2,1H3. The van der Waals surface area contributed by atoms with Crippen LogP contribution in [0.4, 0.5) is 8.78 Å². The molecule has 2 nitrogen and oxygen atoms in total. The van der Waals surface area contributed by atoms with Crippen LogP contribution in [0.25, 0.3) is 0 Å². The third kappa shape index (κ3) is 4.89. The number of hydrogen-bond donors (Lipinski definition) is 0. The summed E-state index contributed by atoms with van der Waals surface area (Å²) in [5.74, 6) is 0.368. The molecule has 0 radical (unpaired) electrons. The van der Waals surface area contributed by atoms with Gasteiger partial charge in [-0.2, -0.15) is 8.78 Å². The molecular weight excluding hydrogens is 334 g/mol. The summed E-state index contributed by atoms with van der Waals surface area (Å²) >= 11 is 0. The van der Waals surface area contributed by atoms with Crippen molar-refractivity contribution < 1.29 is 18.3 Å². The van der Waals surface area contributed by atoms with Gasteiger partial charge in [-0.05, 0) is 62.0 Å². The van der Waals surface area contributed by atoms with Crippen molar-refractivity contribution in [3.8, 4) is 11.5 Å². The van der Waals surface area contributed by atoms with Crippen LogP contribution in [0.15, 0.2) is 12.1 Å². The first-order valence-corrected chi connectivity index (χ1v) is 10.4. The van der Waals surface area contributed by atoms with Crippen molar-refractivity contribution in [2.75, 3.05) is 13.2 Å². The molecule has 4 heteroatoms. The van der Waals surface area contributed by atoms with Crippen LogP contribution in [0.5, 0.6) is 11.5 Å². The van der Waals surface area contributed by atoms with E-state index in [1.807, 2.05) is 6.92 Å². The van der Waals surface area contributed by atoms with Gasteiger partial charge >= 0.3 is 0 Å². The van der Waals surface area contributed by atoms with Crippen LogP contribution in [-0.4, -0.2) is 13.2 Å². The lowest BCUT2D eigenvalue weighted by atomic mass is 9.75. The number of halogens is 2. The Morgan fingerprint density at radius 3 is 2.04 bits per heavy atom. The van der Waals surface area contributed by atoms with Crippen LogP contribution < -0.4 is 9.47 Å². The van der Waals surface area contributed by atoms with E-state index in [1.165, 1.54) is 50.7 Å². The van der Waals surface area contributed by atoms with E-state index in [0.717, 1.165) is 37.5 Å². The summed E-state index contributed by atoms with van der Waals surface area (Å²) < 4.78 is 39.2. The first-order chi connectivity index (χ1) is 12.7. The highest BCUT2D eigenvalue weighted by atomic mass is 19.2. The van der Waals surface area contributed by atoms with Gasteiger partial charge in [0.25, 0.3) is 0 Å². The third-order valence-electron chi connectivity index (χ3n) is 6.20. The van der Waals surface area contributed by atoms with Crippen LogP contribution in [0.1, 0.15) is 71.1 Å². The third-order valence-corrected chi connectivity index (χ3v) is 6.20. The molecule has 0 unspecified atom stereocenters. The largest absolute Gasteiger partial charge is 0.490 e. The smallest absolute Gasteiger partial charge is 0.204 e. The summed E-state index contributed by atoms with van der Waals surface area (Å²) in [7, 11) is 0. The predicted molar refractivity (Wildman–Crippen MR) is 99.7 cm³/mol. The quantitative estimate of drug-likeness (QED) is 0.488. The highest BCUT2D eigenvalue weighted by Gasteiger charge is 2.29. The maximum Gasteiger partial charge on any atom is 0.204 e. The minimum absolute atomic E-state index is 0.00302. The van der Waals surface area contributed by atoms with Gasteiger partial charge in [0.2, 0.25) is 11.6 Å². The molecule has 0 saturated heterocycles. The van der Waals surface area contributed by atoms with Crippen LogP contribution >= 0.6 is 0 Å². The normalized spacial score (nSPS) is 24.0. The van der Waals surface area contributed by atoms with Gasteiger partial charge in [0.05, 0.1) is 13.2 Å². The summed E-state index contributed by atoms with van der Waals surface area (Å²) in [5, 5.41) is 0. The van der Waals surface area contributed by atoms with E-state index >= 15 is 0 Å². The van der Waals surface area contributed by atoms with E-state index in [-0.39, 0.29) is 11.5 Å². The molecular formula is C22H32F2O2. The van der Waals surface area contributed by atoms with Crippen LogP contribution in [0.2, 0.25) is 0 Å². The molecule has 1 aromatic carbocycles. The highest BCUT2D eigenvalue weighted by Crippen LogP contribution is 2.41. The Morgan fingerprint density at radius 2 is 1.42 bits per heavy atom. The average Bonchev–Trinajstić information content (AvgIpc) is 3.20. The van der Waals surface area contributed by atoms with E-state index in [9.17, 15) is 8.78 Å². The summed E-state index contributed by atoms with van der Waals surface area (Å²) in [6.07, 6.45) is 12.2. The van der Waals surface area contributed by atoms with Gasteiger partial charge in [0.1, 0.15) is 0 Å². The molecule has 0 N–H and O–H groups in total. The molecule has 0 spiro atoms. The Morgan fingerprint density at radius 1 is 0.846 bits per heavy atom. The Labute approximate surface area is 156 Å². The van der Waals surface area contributed by atoms with E-state index in [1.54, 1.807) is 0 Å². The first kappa shape index (κ1) is 19.4. The van der Waals surface area contributed by atoms with Gasteiger partial charge in [-0.1, -0.05) is 39.0 Å². The van der Waals surface area contributed by atoms with Crippen LogP contribution in [0, 0.1) is 29.4 Å². The van der Waals surface area contributed by atoms with Crippen molar-refractivity contribution in [2.45, 2.75) is 71.1 Å². The molecule has 0 atom stereocenters. The van der Waals surface area contributed by atoms with Crippen molar-refractivity contribution in [3.63, 3.8) is 0 Å². The average molecular weight is 366 g/mol. The maximum absolute atomic E-state index is 14.2. The fourth-order valence-electron chi connectivity index (χ4n) is 4.53. The fraction of sp³-hybridized carbons (Fsp3) is 0.727. The van der Waals surface area contributed by atoms with Crippen molar-refractivity contribution in [2.24, 2.45) is 17.8 Å². The predicted octanol–water partition coefficient (Wildman–Crippen LogP) is 6.52. The van der Waals surface area contributed by atoms with Gasteiger partial charge in [0, 0.05) is 0 Å². The van der Waals surface area contributed by atoms with Crippen molar-refractivity contribution in [1.29, 1.82) is 0 Å². The molecule has 1 aromatic rings. The molecule has 146 valence electrons. The van der Waals surface area contributed by atoms with Gasteiger partial charge in [-0.15, -0.1) is 0 Å². The Balaban J connectivity index is 1.46. The van der Waals surface area contributed by atoms with Crippen molar-refractivity contribution in [3.05, 3.63) is 23.8 Å². The fourth-order valence-corrected chi connectivity index (χ4v) is 4.53. The molecule has 2 aliphatic rings. The molecule has 26 heavy (non-hydrogen) atoms. The second kappa shape index (κ2) is 9.57. The molecule has 2 aliphatic carbocycles. The minimum atomic E-state index is -0.941. The zero-order chi connectivity index (χ0) is 18.4. The molecule has 2 saturated carbocycles. The topological polar surface area (TPSA) is 18.5 Å². The number of rotatable bonds is 8. The lowest BCUT2D eigenvalue weighted by Crippen LogP contribution is -2.23. The molecule has 2 fully saturated rings. The van der Waals surface area contributed by atoms with Gasteiger partial charge < -0.3 is 9.47 Å². The maximum atomic E-state index is 14.2. The monoisotopic (exact) mass is 366 g/mol. The van der Waals surface area contributed by atoms with Gasteiger partial charge in [-0.3, -0.25) is 0 Å². The van der Waals surface area contributed by atoms with E-state index < -0.39 is 11.6 Å².